The number of anilines is 1. The Morgan fingerprint density at radius 2 is 1.83 bits per heavy atom. The molecule has 0 fully saturated rings. The van der Waals surface area contributed by atoms with Crippen LogP contribution in [0.1, 0.15) is 35.3 Å². The predicted molar refractivity (Wildman–Crippen MR) is 124 cm³/mol. The van der Waals surface area contributed by atoms with Crippen molar-refractivity contribution in [2.24, 2.45) is 0 Å². The largest absolute Gasteiger partial charge is 0.147 e. The predicted octanol–water partition coefficient (Wildman–Crippen LogP) is 3.17. The molecule has 0 saturated heterocycles. The second-order valence-electron chi connectivity index (χ2n) is 7.36. The normalized spacial score (nSPS) is 15.8. The van der Waals surface area contributed by atoms with Crippen molar-refractivity contribution in [1.29, 1.82) is 0 Å². The summed E-state index contributed by atoms with van der Waals surface area (Å²) in [4.78, 5) is 12.1. The molecule has 4 nitrogen and oxygen atoms in total. The third-order valence-electron chi connectivity index (χ3n) is 5.65. The summed E-state index contributed by atoms with van der Waals surface area (Å²) in [5, 5.41) is 0. The molecule has 3 aromatic rings. The first-order valence-electron chi connectivity index (χ1n) is 9.78. The van der Waals surface area contributed by atoms with Crippen LogP contribution in [0.2, 0.25) is 0 Å². The number of hydrogen-bond acceptors (Lipinski definition) is 4. The molecular formula is C23H26AsClFN3O. The minimum Gasteiger partial charge on any atom is -0.147 e. The standard InChI is InChI=1S/C23H25AsFN3O.ClH/c1-14-15(2)26-23(24-17-8-10-18(25)11-9-17)27-22(14)28-13-12-20-19(16(28)3)6-5-7-21(20)29-4;/h5-11,16,24H,12-13H2,1-4H3;1H. The third-order valence-corrected chi connectivity index (χ3v) is 7.89. The number of benzene rings is 2. The van der Waals surface area contributed by atoms with Crippen molar-refractivity contribution in [2.45, 2.75) is 33.2 Å². The molecule has 0 radical (unpaired) electrons. The Hall–Kier alpha value is -2.10. The summed E-state index contributed by atoms with van der Waals surface area (Å²) in [7, 11) is 1.73. The molecule has 7 heteroatoms. The van der Waals surface area contributed by atoms with Crippen molar-refractivity contribution in [3.05, 3.63) is 70.7 Å². The van der Waals surface area contributed by atoms with Crippen LogP contribution in [0, 0.1) is 19.7 Å². The summed E-state index contributed by atoms with van der Waals surface area (Å²) in [6.45, 7) is 7.26. The van der Waals surface area contributed by atoms with Crippen molar-refractivity contribution in [1.82, 2.24) is 9.97 Å². The zero-order valence-electron chi connectivity index (χ0n) is 17.6. The smallest absolute Gasteiger partial charge is 0.147 e. The third kappa shape index (κ3) is 4.33. The Labute approximate surface area is 190 Å². The van der Waals surface area contributed by atoms with E-state index in [-0.39, 0.29) is 24.3 Å². The summed E-state index contributed by atoms with van der Waals surface area (Å²) in [6, 6.07) is 13.2. The van der Waals surface area contributed by atoms with Gasteiger partial charge in [-0.15, -0.1) is 12.4 Å². The fourth-order valence-electron chi connectivity index (χ4n) is 3.93. The van der Waals surface area contributed by atoms with Crippen molar-refractivity contribution >= 4 is 42.9 Å². The van der Waals surface area contributed by atoms with Gasteiger partial charge >= 0.3 is 178 Å². The molecule has 0 saturated carbocycles. The van der Waals surface area contributed by atoms with Crippen molar-refractivity contribution in [3.63, 3.8) is 0 Å². The van der Waals surface area contributed by atoms with E-state index < -0.39 is 15.8 Å². The molecule has 0 amide bonds. The zero-order chi connectivity index (χ0) is 20.5. The molecule has 0 N–H and O–H groups in total. The number of fused-ring (bicyclic) bond motifs is 1. The van der Waals surface area contributed by atoms with E-state index in [0.29, 0.717) is 0 Å². The number of aryl methyl sites for hydroxylation is 1. The Morgan fingerprint density at radius 3 is 2.53 bits per heavy atom. The van der Waals surface area contributed by atoms with Crippen molar-refractivity contribution < 1.29 is 9.13 Å². The molecule has 158 valence electrons. The van der Waals surface area contributed by atoms with Crippen LogP contribution in [0.3, 0.4) is 0 Å². The molecule has 0 spiro atoms. The minimum atomic E-state index is -0.721. The molecule has 1 aliphatic rings. The first-order chi connectivity index (χ1) is 14.0. The van der Waals surface area contributed by atoms with Gasteiger partial charge in [-0.1, -0.05) is 0 Å². The van der Waals surface area contributed by atoms with E-state index in [0.717, 1.165) is 44.8 Å². The van der Waals surface area contributed by atoms with E-state index in [1.807, 2.05) is 25.1 Å². The number of rotatable bonds is 4. The molecule has 30 heavy (non-hydrogen) atoms. The van der Waals surface area contributed by atoms with E-state index in [2.05, 4.69) is 30.9 Å². The Bertz CT molecular complexity index is 1050. The Balaban J connectivity index is 0.00000256. The maximum atomic E-state index is 13.2. The van der Waals surface area contributed by atoms with Crippen molar-refractivity contribution in [3.8, 4) is 5.75 Å². The van der Waals surface area contributed by atoms with Crippen LogP contribution < -0.4 is 18.6 Å². The molecule has 0 bridgehead atoms. The van der Waals surface area contributed by atoms with Gasteiger partial charge < -0.3 is 0 Å². The van der Waals surface area contributed by atoms with Gasteiger partial charge in [0.1, 0.15) is 0 Å². The topological polar surface area (TPSA) is 38.2 Å². The summed E-state index contributed by atoms with van der Waals surface area (Å²) in [5.74, 6) is 1.77. The Morgan fingerprint density at radius 1 is 1.10 bits per heavy atom. The zero-order valence-corrected chi connectivity index (χ0v) is 20.5. The Kier molecular flexibility index (Phi) is 7.05. The van der Waals surface area contributed by atoms with Crippen LogP contribution in [-0.4, -0.2) is 39.4 Å². The van der Waals surface area contributed by atoms with Gasteiger partial charge in [-0.05, 0) is 0 Å². The number of hydrogen-bond donors (Lipinski definition) is 0. The quantitative estimate of drug-likeness (QED) is 0.528. The van der Waals surface area contributed by atoms with Crippen LogP contribution >= 0.6 is 12.4 Å². The van der Waals surface area contributed by atoms with Crippen LogP contribution in [0.4, 0.5) is 10.2 Å². The molecule has 2 unspecified atom stereocenters. The van der Waals surface area contributed by atoms with E-state index in [9.17, 15) is 4.39 Å². The van der Waals surface area contributed by atoms with Gasteiger partial charge in [0.05, 0.1) is 0 Å². The number of aromatic nitrogens is 2. The number of halogens is 2. The van der Waals surface area contributed by atoms with Gasteiger partial charge in [0.25, 0.3) is 0 Å². The van der Waals surface area contributed by atoms with E-state index in [4.69, 9.17) is 14.7 Å². The fourth-order valence-corrected chi connectivity index (χ4v) is 5.98. The molecule has 1 aliphatic heterocycles. The average Bonchev–Trinajstić information content (AvgIpc) is 2.72. The van der Waals surface area contributed by atoms with Gasteiger partial charge in [0.15, 0.2) is 0 Å². The molecule has 2 heterocycles. The SMILES string of the molecule is COc1cccc2c1CCN(c1nc([AsH]c3ccc(F)cc3)nc(C)c1C)C2C.Cl. The molecular weight excluding hydrogens is 464 g/mol. The summed E-state index contributed by atoms with van der Waals surface area (Å²) in [5.41, 5.74) is 4.72. The number of nitrogens with zero attached hydrogens (tertiary/aromatic N) is 3. The van der Waals surface area contributed by atoms with Crippen molar-refractivity contribution in [2.75, 3.05) is 18.6 Å². The number of methoxy groups -OCH3 is 1. The molecule has 2 atom stereocenters. The van der Waals surface area contributed by atoms with Crippen LogP contribution in [-0.2, 0) is 6.42 Å². The second kappa shape index (κ2) is 9.36. The average molecular weight is 490 g/mol. The first-order valence-corrected chi connectivity index (χ1v) is 11.9. The first kappa shape index (κ1) is 22.6. The number of ether oxygens (including phenoxy) is 1. The van der Waals surface area contributed by atoms with Crippen LogP contribution in [0.15, 0.2) is 42.5 Å². The summed E-state index contributed by atoms with van der Waals surface area (Å²) >= 11 is -0.721. The monoisotopic (exact) mass is 489 g/mol. The fraction of sp³-hybridized carbons (Fsp3) is 0.304. The van der Waals surface area contributed by atoms with Gasteiger partial charge in [0.2, 0.25) is 0 Å². The summed E-state index contributed by atoms with van der Waals surface area (Å²) < 4.78 is 20.8. The summed E-state index contributed by atoms with van der Waals surface area (Å²) in [6.07, 6.45) is 0.926. The maximum absolute atomic E-state index is 13.2. The van der Waals surface area contributed by atoms with Crippen LogP contribution in [0.5, 0.6) is 5.75 Å². The van der Waals surface area contributed by atoms with Gasteiger partial charge in [0, 0.05) is 0 Å². The molecule has 4 rings (SSSR count). The van der Waals surface area contributed by atoms with Crippen LogP contribution in [0.25, 0.3) is 0 Å². The molecule has 1 aromatic heterocycles. The van der Waals surface area contributed by atoms with E-state index >= 15 is 0 Å². The minimum absolute atomic E-state index is 0. The van der Waals surface area contributed by atoms with Gasteiger partial charge in [-0.3, -0.25) is 0 Å². The second-order valence-corrected chi connectivity index (χ2v) is 10.0. The van der Waals surface area contributed by atoms with Gasteiger partial charge in [-0.2, -0.15) is 0 Å². The molecule has 0 aliphatic carbocycles. The molecule has 2 aromatic carbocycles. The maximum Gasteiger partial charge on any atom is -0.147 e. The van der Waals surface area contributed by atoms with E-state index in [1.165, 1.54) is 23.3 Å². The van der Waals surface area contributed by atoms with Gasteiger partial charge in [-0.25, -0.2) is 0 Å². The van der Waals surface area contributed by atoms with E-state index in [1.54, 1.807) is 7.11 Å².